The summed E-state index contributed by atoms with van der Waals surface area (Å²) >= 11 is 0. The number of hydrogen-bond donors (Lipinski definition) is 2. The smallest absolute Gasteiger partial charge is 0.319 e. The number of aliphatic carboxylic acids is 1. The lowest BCUT2D eigenvalue weighted by Crippen LogP contribution is -2.48. The number of carboxylic acids is 1. The third-order valence-electron chi connectivity index (χ3n) is 3.29. The second kappa shape index (κ2) is 7.20. The van der Waals surface area contributed by atoms with Gasteiger partial charge in [0.05, 0.1) is 5.92 Å². The molecule has 1 saturated heterocycles. The first-order valence-electron chi connectivity index (χ1n) is 6.43. The molecule has 1 aliphatic rings. The van der Waals surface area contributed by atoms with Crippen molar-refractivity contribution < 1.29 is 14.7 Å². The van der Waals surface area contributed by atoms with Crippen molar-refractivity contribution in [1.82, 2.24) is 15.1 Å². The van der Waals surface area contributed by atoms with Gasteiger partial charge in [0, 0.05) is 26.7 Å². The molecule has 1 unspecified atom stereocenters. The van der Waals surface area contributed by atoms with Gasteiger partial charge in [0.2, 0.25) is 0 Å². The van der Waals surface area contributed by atoms with Crippen LogP contribution in [0.5, 0.6) is 0 Å². The van der Waals surface area contributed by atoms with Gasteiger partial charge in [-0.2, -0.15) is 0 Å². The number of urea groups is 1. The highest BCUT2D eigenvalue weighted by Crippen LogP contribution is 2.17. The number of amides is 2. The van der Waals surface area contributed by atoms with Crippen molar-refractivity contribution in [3.63, 3.8) is 0 Å². The van der Waals surface area contributed by atoms with E-state index < -0.39 is 11.9 Å². The minimum absolute atomic E-state index is 0.0583. The normalized spacial score (nSPS) is 19.7. The average molecular weight is 257 g/mol. The van der Waals surface area contributed by atoms with Gasteiger partial charge in [0.25, 0.3) is 0 Å². The van der Waals surface area contributed by atoms with Crippen molar-refractivity contribution in [3.05, 3.63) is 0 Å². The lowest BCUT2D eigenvalue weighted by molar-refractivity contribution is -0.143. The fourth-order valence-corrected chi connectivity index (χ4v) is 2.18. The number of carbonyl (C=O) groups excluding carboxylic acids is 1. The molecule has 0 aliphatic carbocycles. The summed E-state index contributed by atoms with van der Waals surface area (Å²) in [4.78, 5) is 26.4. The van der Waals surface area contributed by atoms with Crippen LogP contribution >= 0.6 is 0 Å². The maximum absolute atomic E-state index is 12.1. The van der Waals surface area contributed by atoms with Crippen molar-refractivity contribution in [2.24, 2.45) is 5.92 Å². The molecule has 18 heavy (non-hydrogen) atoms. The van der Waals surface area contributed by atoms with Crippen molar-refractivity contribution in [1.29, 1.82) is 0 Å². The fourth-order valence-electron chi connectivity index (χ4n) is 2.18. The van der Waals surface area contributed by atoms with Crippen molar-refractivity contribution in [2.75, 3.05) is 40.3 Å². The summed E-state index contributed by atoms with van der Waals surface area (Å²) in [6.07, 6.45) is 2.34. The molecule has 6 heteroatoms. The Morgan fingerprint density at radius 2 is 2.22 bits per heavy atom. The average Bonchev–Trinajstić information content (AvgIpc) is 2.38. The summed E-state index contributed by atoms with van der Waals surface area (Å²) in [6, 6.07) is -0.0583. The Morgan fingerprint density at radius 3 is 2.83 bits per heavy atom. The molecule has 0 aromatic heterocycles. The molecule has 0 aromatic rings. The third-order valence-corrected chi connectivity index (χ3v) is 3.29. The van der Waals surface area contributed by atoms with E-state index in [-0.39, 0.29) is 6.03 Å². The van der Waals surface area contributed by atoms with E-state index >= 15 is 0 Å². The van der Waals surface area contributed by atoms with E-state index in [9.17, 15) is 9.59 Å². The summed E-state index contributed by atoms with van der Waals surface area (Å²) in [5.74, 6) is -1.21. The van der Waals surface area contributed by atoms with E-state index in [1.807, 2.05) is 7.05 Å². The molecule has 1 rings (SSSR count). The number of carboxylic acid groups (broad SMARTS) is 1. The van der Waals surface area contributed by atoms with Gasteiger partial charge >= 0.3 is 12.0 Å². The van der Waals surface area contributed by atoms with E-state index in [0.29, 0.717) is 26.1 Å². The molecule has 0 spiro atoms. The zero-order valence-corrected chi connectivity index (χ0v) is 11.2. The van der Waals surface area contributed by atoms with E-state index in [2.05, 4.69) is 5.32 Å². The largest absolute Gasteiger partial charge is 0.481 e. The predicted octanol–water partition coefficient (Wildman–Crippen LogP) is 0.444. The van der Waals surface area contributed by atoms with Crippen molar-refractivity contribution in [2.45, 2.75) is 19.3 Å². The molecule has 1 fully saturated rings. The summed E-state index contributed by atoms with van der Waals surface area (Å²) in [5, 5.41) is 12.0. The summed E-state index contributed by atoms with van der Waals surface area (Å²) in [5.41, 5.74) is 0. The Kier molecular flexibility index (Phi) is 5.91. The molecule has 2 N–H and O–H groups in total. The molecule has 1 heterocycles. The Labute approximate surface area is 108 Å². The molecule has 0 saturated carbocycles. The zero-order valence-electron chi connectivity index (χ0n) is 11.2. The van der Waals surface area contributed by atoms with Crippen LogP contribution in [0, 0.1) is 5.92 Å². The molecular weight excluding hydrogens is 234 g/mol. The van der Waals surface area contributed by atoms with Crippen LogP contribution in [0.3, 0.4) is 0 Å². The molecule has 0 aromatic carbocycles. The Hall–Kier alpha value is -1.30. The zero-order chi connectivity index (χ0) is 13.5. The van der Waals surface area contributed by atoms with E-state index in [4.69, 9.17) is 5.11 Å². The van der Waals surface area contributed by atoms with Crippen LogP contribution in [-0.2, 0) is 4.79 Å². The maximum atomic E-state index is 12.1. The standard InChI is InChI=1S/C12H23N3O3/c1-13-6-4-7-14(2)12(18)15-8-3-5-10(9-15)11(16)17/h10,13H,3-9H2,1-2H3,(H,16,17). The van der Waals surface area contributed by atoms with Crippen molar-refractivity contribution in [3.8, 4) is 0 Å². The second-order valence-corrected chi connectivity index (χ2v) is 4.78. The summed E-state index contributed by atoms with van der Waals surface area (Å²) < 4.78 is 0. The Morgan fingerprint density at radius 1 is 1.50 bits per heavy atom. The van der Waals surface area contributed by atoms with Crippen LogP contribution in [0.2, 0.25) is 0 Å². The number of likely N-dealkylation sites (tertiary alicyclic amines) is 1. The van der Waals surface area contributed by atoms with E-state index in [1.54, 1.807) is 16.8 Å². The van der Waals surface area contributed by atoms with Crippen LogP contribution in [0.4, 0.5) is 4.79 Å². The fraction of sp³-hybridized carbons (Fsp3) is 0.833. The SMILES string of the molecule is CNCCCN(C)C(=O)N1CCCC(C(=O)O)C1. The minimum atomic E-state index is -0.801. The van der Waals surface area contributed by atoms with E-state index in [0.717, 1.165) is 19.4 Å². The minimum Gasteiger partial charge on any atom is -0.481 e. The molecule has 104 valence electrons. The highest BCUT2D eigenvalue weighted by molar-refractivity contribution is 5.76. The first-order chi connectivity index (χ1) is 8.56. The van der Waals surface area contributed by atoms with E-state index in [1.165, 1.54) is 0 Å². The highest BCUT2D eigenvalue weighted by atomic mass is 16.4. The van der Waals surface area contributed by atoms with Gasteiger partial charge in [0.15, 0.2) is 0 Å². The lowest BCUT2D eigenvalue weighted by atomic mass is 9.99. The van der Waals surface area contributed by atoms with Gasteiger partial charge in [-0.25, -0.2) is 4.79 Å². The molecule has 0 bridgehead atoms. The van der Waals surface area contributed by atoms with Gasteiger partial charge in [-0.05, 0) is 32.9 Å². The van der Waals surface area contributed by atoms with Gasteiger partial charge in [0.1, 0.15) is 0 Å². The quantitative estimate of drug-likeness (QED) is 0.701. The van der Waals surface area contributed by atoms with Crippen LogP contribution in [-0.4, -0.2) is 67.2 Å². The number of nitrogens with one attached hydrogen (secondary N) is 1. The second-order valence-electron chi connectivity index (χ2n) is 4.78. The molecule has 2 amide bonds. The Balaban J connectivity index is 2.42. The molecular formula is C12H23N3O3. The first kappa shape index (κ1) is 14.8. The molecule has 0 radical (unpaired) electrons. The molecule has 6 nitrogen and oxygen atoms in total. The number of hydrogen-bond acceptors (Lipinski definition) is 3. The topological polar surface area (TPSA) is 72.9 Å². The van der Waals surface area contributed by atoms with Crippen LogP contribution in [0.15, 0.2) is 0 Å². The maximum Gasteiger partial charge on any atom is 0.319 e. The van der Waals surface area contributed by atoms with Gasteiger partial charge in [-0.1, -0.05) is 0 Å². The number of carbonyl (C=O) groups is 2. The van der Waals surface area contributed by atoms with Crippen LogP contribution in [0.1, 0.15) is 19.3 Å². The van der Waals surface area contributed by atoms with Gasteiger partial charge < -0.3 is 20.2 Å². The molecule has 1 atom stereocenters. The van der Waals surface area contributed by atoms with Gasteiger partial charge in [-0.3, -0.25) is 4.79 Å². The Bertz CT molecular complexity index is 296. The number of nitrogens with zero attached hydrogens (tertiary/aromatic N) is 2. The van der Waals surface area contributed by atoms with Crippen molar-refractivity contribution >= 4 is 12.0 Å². The van der Waals surface area contributed by atoms with Gasteiger partial charge in [-0.15, -0.1) is 0 Å². The number of piperidine rings is 1. The third kappa shape index (κ3) is 4.18. The number of rotatable bonds is 5. The lowest BCUT2D eigenvalue weighted by Gasteiger charge is -2.33. The van der Waals surface area contributed by atoms with Crippen LogP contribution < -0.4 is 5.32 Å². The monoisotopic (exact) mass is 257 g/mol. The summed E-state index contributed by atoms with van der Waals surface area (Å²) in [6.45, 7) is 2.56. The first-order valence-corrected chi connectivity index (χ1v) is 6.43. The highest BCUT2D eigenvalue weighted by Gasteiger charge is 2.29. The predicted molar refractivity (Wildman–Crippen MR) is 68.5 cm³/mol. The van der Waals surface area contributed by atoms with Crippen LogP contribution in [0.25, 0.3) is 0 Å². The molecule has 1 aliphatic heterocycles. The summed E-state index contributed by atoms with van der Waals surface area (Å²) in [7, 11) is 3.65.